The Labute approximate surface area is 81.3 Å². The smallest absolute Gasteiger partial charge is 0.0535 e. The minimum atomic E-state index is -0.0838. The molecule has 3 N–H and O–H groups in total. The Morgan fingerprint density at radius 1 is 1.46 bits per heavy atom. The Morgan fingerprint density at radius 3 is 2.46 bits per heavy atom. The fourth-order valence-corrected chi connectivity index (χ4v) is 1.45. The van der Waals surface area contributed by atoms with Gasteiger partial charge in [-0.3, -0.25) is 0 Å². The molecule has 80 valence electrons. The number of nitrogens with two attached hydrogens (primary N) is 1. The average molecular weight is 189 g/mol. The topological polar surface area (TPSA) is 55.5 Å². The van der Waals surface area contributed by atoms with Gasteiger partial charge in [0.2, 0.25) is 0 Å². The van der Waals surface area contributed by atoms with Crippen molar-refractivity contribution >= 4 is 0 Å². The highest BCUT2D eigenvalue weighted by Crippen LogP contribution is 2.26. The average Bonchev–Trinajstić information content (AvgIpc) is 2.14. The van der Waals surface area contributed by atoms with E-state index in [1.165, 1.54) is 0 Å². The maximum Gasteiger partial charge on any atom is 0.0535 e. The predicted molar refractivity (Wildman–Crippen MR) is 54.6 cm³/mol. The maximum atomic E-state index is 8.93. The summed E-state index contributed by atoms with van der Waals surface area (Å²) < 4.78 is 5.38. The normalized spacial score (nSPS) is 18.2. The predicted octanol–water partition coefficient (Wildman–Crippen LogP) is 1.15. The van der Waals surface area contributed by atoms with E-state index in [1.807, 2.05) is 6.92 Å². The summed E-state index contributed by atoms with van der Waals surface area (Å²) in [5, 5.41) is 8.93. The van der Waals surface area contributed by atoms with Crippen molar-refractivity contribution in [1.29, 1.82) is 0 Å². The van der Waals surface area contributed by atoms with Gasteiger partial charge in [0.05, 0.1) is 6.61 Å². The zero-order valence-corrected chi connectivity index (χ0v) is 9.05. The van der Waals surface area contributed by atoms with Gasteiger partial charge in [0.25, 0.3) is 0 Å². The Balaban J connectivity index is 4.14. The minimum Gasteiger partial charge on any atom is -0.396 e. The van der Waals surface area contributed by atoms with Crippen molar-refractivity contribution in [2.45, 2.75) is 39.7 Å². The Bertz CT molecular complexity index is 130. The van der Waals surface area contributed by atoms with Crippen LogP contribution in [-0.2, 0) is 4.74 Å². The summed E-state index contributed by atoms with van der Waals surface area (Å²) in [6.45, 7) is 7.63. The molecule has 3 heteroatoms. The third-order valence-corrected chi connectivity index (χ3v) is 2.65. The van der Waals surface area contributed by atoms with E-state index in [1.54, 1.807) is 0 Å². The fourth-order valence-electron chi connectivity index (χ4n) is 1.45. The quantitative estimate of drug-likeness (QED) is 0.631. The van der Waals surface area contributed by atoms with Crippen LogP contribution in [0.4, 0.5) is 0 Å². The third-order valence-electron chi connectivity index (χ3n) is 2.65. The van der Waals surface area contributed by atoms with Crippen molar-refractivity contribution in [2.75, 3.05) is 19.8 Å². The molecule has 0 rings (SSSR count). The van der Waals surface area contributed by atoms with Crippen LogP contribution in [0, 0.1) is 5.41 Å². The highest BCUT2D eigenvalue weighted by molar-refractivity contribution is 4.84. The van der Waals surface area contributed by atoms with Gasteiger partial charge in [0.1, 0.15) is 0 Å². The monoisotopic (exact) mass is 189 g/mol. The molecule has 3 nitrogen and oxygen atoms in total. The number of aliphatic hydroxyl groups excluding tert-OH is 1. The molecular weight excluding hydrogens is 166 g/mol. The van der Waals surface area contributed by atoms with Crippen molar-refractivity contribution in [3.8, 4) is 0 Å². The van der Waals surface area contributed by atoms with E-state index in [0.717, 1.165) is 6.42 Å². The first-order valence-corrected chi connectivity index (χ1v) is 5.05. The summed E-state index contributed by atoms with van der Waals surface area (Å²) in [5.74, 6) is 0. The lowest BCUT2D eigenvalue weighted by Crippen LogP contribution is -2.43. The van der Waals surface area contributed by atoms with Crippen LogP contribution in [0.15, 0.2) is 0 Å². The molecular formula is C10H23NO2. The fraction of sp³-hybridized carbons (Fsp3) is 1.00. The van der Waals surface area contributed by atoms with Gasteiger partial charge in [-0.2, -0.15) is 0 Å². The zero-order chi connectivity index (χ0) is 10.3. The molecule has 0 bridgehead atoms. The molecule has 0 aromatic heterocycles. The van der Waals surface area contributed by atoms with E-state index in [9.17, 15) is 0 Å². The van der Waals surface area contributed by atoms with Crippen LogP contribution in [0.3, 0.4) is 0 Å². The summed E-state index contributed by atoms with van der Waals surface area (Å²) in [6, 6.07) is 0.103. The molecule has 2 unspecified atom stereocenters. The molecule has 13 heavy (non-hydrogen) atoms. The van der Waals surface area contributed by atoms with Crippen LogP contribution in [0.5, 0.6) is 0 Å². The Morgan fingerprint density at radius 2 is 2.08 bits per heavy atom. The second kappa shape index (κ2) is 6.35. The van der Waals surface area contributed by atoms with Gasteiger partial charge in [-0.15, -0.1) is 0 Å². The molecule has 2 atom stereocenters. The summed E-state index contributed by atoms with van der Waals surface area (Å²) in [4.78, 5) is 0. The van der Waals surface area contributed by atoms with Gasteiger partial charge in [0.15, 0.2) is 0 Å². The van der Waals surface area contributed by atoms with Crippen LogP contribution in [0.1, 0.15) is 33.6 Å². The van der Waals surface area contributed by atoms with E-state index >= 15 is 0 Å². The lowest BCUT2D eigenvalue weighted by Gasteiger charge is -2.34. The van der Waals surface area contributed by atoms with E-state index < -0.39 is 0 Å². The number of hydrogen-bond acceptors (Lipinski definition) is 3. The van der Waals surface area contributed by atoms with Crippen molar-refractivity contribution < 1.29 is 9.84 Å². The van der Waals surface area contributed by atoms with E-state index in [-0.39, 0.29) is 18.1 Å². The molecule has 0 fully saturated rings. The Hall–Kier alpha value is -0.120. The van der Waals surface area contributed by atoms with Crippen molar-refractivity contribution in [3.63, 3.8) is 0 Å². The third kappa shape index (κ3) is 4.07. The standard InChI is InChI=1S/C10H23NO2/c1-4-9(11)10(3,6-7-12)8-13-5-2/h9,12H,4-8,11H2,1-3H3. The van der Waals surface area contributed by atoms with E-state index in [0.29, 0.717) is 19.6 Å². The summed E-state index contributed by atoms with van der Waals surface area (Å²) in [5.41, 5.74) is 5.90. The Kier molecular flexibility index (Phi) is 6.29. The molecule has 0 saturated carbocycles. The van der Waals surface area contributed by atoms with Gasteiger partial charge in [-0.1, -0.05) is 13.8 Å². The first kappa shape index (κ1) is 12.9. The largest absolute Gasteiger partial charge is 0.396 e. The van der Waals surface area contributed by atoms with Crippen LogP contribution < -0.4 is 5.73 Å². The van der Waals surface area contributed by atoms with E-state index in [4.69, 9.17) is 15.6 Å². The SMILES string of the molecule is CCOCC(C)(CCO)C(N)CC. The van der Waals surface area contributed by atoms with Crippen LogP contribution in [0.25, 0.3) is 0 Å². The van der Waals surface area contributed by atoms with Crippen molar-refractivity contribution in [3.05, 3.63) is 0 Å². The highest BCUT2D eigenvalue weighted by Gasteiger charge is 2.30. The lowest BCUT2D eigenvalue weighted by atomic mass is 9.79. The van der Waals surface area contributed by atoms with Gasteiger partial charge in [-0.05, 0) is 19.8 Å². The summed E-state index contributed by atoms with van der Waals surface area (Å²) >= 11 is 0. The first-order valence-electron chi connectivity index (χ1n) is 5.05. The molecule has 0 saturated heterocycles. The second-order valence-electron chi connectivity index (χ2n) is 3.78. The molecule has 0 aliphatic rings. The number of hydrogen-bond donors (Lipinski definition) is 2. The number of ether oxygens (including phenoxy) is 1. The van der Waals surface area contributed by atoms with Crippen LogP contribution >= 0.6 is 0 Å². The molecule has 0 aromatic carbocycles. The molecule has 0 aromatic rings. The molecule has 0 aliphatic carbocycles. The number of rotatable bonds is 7. The molecule has 0 heterocycles. The van der Waals surface area contributed by atoms with Crippen LogP contribution in [-0.4, -0.2) is 31.0 Å². The minimum absolute atomic E-state index is 0.0838. The molecule has 0 amide bonds. The number of aliphatic hydroxyl groups is 1. The zero-order valence-electron chi connectivity index (χ0n) is 9.05. The second-order valence-corrected chi connectivity index (χ2v) is 3.78. The summed E-state index contributed by atoms with van der Waals surface area (Å²) in [7, 11) is 0. The van der Waals surface area contributed by atoms with E-state index in [2.05, 4.69) is 13.8 Å². The maximum absolute atomic E-state index is 8.93. The lowest BCUT2D eigenvalue weighted by molar-refractivity contribution is 0.0276. The van der Waals surface area contributed by atoms with Crippen molar-refractivity contribution in [2.24, 2.45) is 11.1 Å². The highest BCUT2D eigenvalue weighted by atomic mass is 16.5. The molecule has 0 spiro atoms. The molecule has 0 aliphatic heterocycles. The molecule has 0 radical (unpaired) electrons. The van der Waals surface area contributed by atoms with Crippen LogP contribution in [0.2, 0.25) is 0 Å². The van der Waals surface area contributed by atoms with Gasteiger partial charge in [-0.25, -0.2) is 0 Å². The summed E-state index contributed by atoms with van der Waals surface area (Å²) in [6.07, 6.45) is 1.63. The van der Waals surface area contributed by atoms with Crippen molar-refractivity contribution in [1.82, 2.24) is 0 Å². The van der Waals surface area contributed by atoms with Gasteiger partial charge >= 0.3 is 0 Å². The van der Waals surface area contributed by atoms with Gasteiger partial charge in [0, 0.05) is 24.7 Å². The van der Waals surface area contributed by atoms with Gasteiger partial charge < -0.3 is 15.6 Å². The first-order chi connectivity index (χ1) is 6.10.